The molecule has 1 aliphatic rings. The number of piperazine rings is 1. The topological polar surface area (TPSA) is 45.5 Å². The average Bonchev–Trinajstić information content (AvgIpc) is 2.79. The minimum atomic E-state index is 0.171. The van der Waals surface area contributed by atoms with Crippen molar-refractivity contribution < 1.29 is 9.21 Å². The summed E-state index contributed by atoms with van der Waals surface area (Å²) < 4.78 is 5.29. The van der Waals surface area contributed by atoms with Gasteiger partial charge >= 0.3 is 0 Å². The van der Waals surface area contributed by atoms with E-state index >= 15 is 0 Å². The van der Waals surface area contributed by atoms with Crippen LogP contribution in [0.25, 0.3) is 0 Å². The van der Waals surface area contributed by atoms with Gasteiger partial charge in [-0.2, -0.15) is 0 Å². The van der Waals surface area contributed by atoms with Gasteiger partial charge in [0.05, 0.1) is 6.26 Å². The zero-order chi connectivity index (χ0) is 11.4. The van der Waals surface area contributed by atoms with E-state index in [-0.39, 0.29) is 5.91 Å². The molecule has 0 radical (unpaired) electrons. The fourth-order valence-electron chi connectivity index (χ4n) is 2.08. The summed E-state index contributed by atoms with van der Waals surface area (Å²) in [6.07, 6.45) is 3.64. The van der Waals surface area contributed by atoms with Crippen molar-refractivity contribution in [1.82, 2.24) is 10.2 Å². The van der Waals surface area contributed by atoms with Gasteiger partial charge in [-0.15, -0.1) is 0 Å². The number of furan rings is 1. The molecule has 1 aromatic heterocycles. The van der Waals surface area contributed by atoms with Crippen molar-refractivity contribution in [3.05, 3.63) is 24.2 Å². The highest BCUT2D eigenvalue weighted by molar-refractivity contribution is 5.73. The van der Waals surface area contributed by atoms with Crippen LogP contribution >= 0.6 is 0 Å². The summed E-state index contributed by atoms with van der Waals surface area (Å²) in [6, 6.07) is 4.29. The van der Waals surface area contributed by atoms with Crippen molar-refractivity contribution in [3.8, 4) is 0 Å². The second-order valence-electron chi connectivity index (χ2n) is 4.23. The Morgan fingerprint density at radius 3 is 3.25 bits per heavy atom. The van der Waals surface area contributed by atoms with Crippen molar-refractivity contribution >= 4 is 5.91 Å². The number of aryl methyl sites for hydroxylation is 1. The Hall–Kier alpha value is -1.29. The molecule has 1 unspecified atom stereocenters. The zero-order valence-electron chi connectivity index (χ0n) is 9.61. The standard InChI is InChI=1S/C12H18N2O2/c1-10(15)14-7-6-13-11(9-14)4-5-12-3-2-8-16-12/h2-3,8,11,13H,4-7,9H2,1H3. The predicted octanol–water partition coefficient (Wildman–Crippen LogP) is 1.03. The third-order valence-electron chi connectivity index (χ3n) is 3.02. The minimum Gasteiger partial charge on any atom is -0.469 e. The van der Waals surface area contributed by atoms with Crippen LogP contribution in [0.5, 0.6) is 0 Å². The van der Waals surface area contributed by atoms with Crippen LogP contribution < -0.4 is 5.32 Å². The summed E-state index contributed by atoms with van der Waals surface area (Å²) in [5.41, 5.74) is 0. The smallest absolute Gasteiger partial charge is 0.219 e. The zero-order valence-corrected chi connectivity index (χ0v) is 9.61. The van der Waals surface area contributed by atoms with Crippen molar-refractivity contribution in [3.63, 3.8) is 0 Å². The van der Waals surface area contributed by atoms with E-state index in [2.05, 4.69) is 5.32 Å². The molecule has 2 heterocycles. The molecule has 0 spiro atoms. The molecule has 1 atom stereocenters. The molecule has 0 aliphatic carbocycles. The van der Waals surface area contributed by atoms with Crippen LogP contribution in [0.4, 0.5) is 0 Å². The fourth-order valence-corrected chi connectivity index (χ4v) is 2.08. The lowest BCUT2D eigenvalue weighted by atomic mass is 10.1. The van der Waals surface area contributed by atoms with Crippen LogP contribution in [-0.2, 0) is 11.2 Å². The monoisotopic (exact) mass is 222 g/mol. The lowest BCUT2D eigenvalue weighted by molar-refractivity contribution is -0.130. The molecule has 1 aliphatic heterocycles. The lowest BCUT2D eigenvalue weighted by Crippen LogP contribution is -2.52. The van der Waals surface area contributed by atoms with E-state index in [0.29, 0.717) is 6.04 Å². The molecular formula is C12H18N2O2. The molecule has 88 valence electrons. The molecule has 1 saturated heterocycles. The van der Waals surface area contributed by atoms with Crippen molar-refractivity contribution in [1.29, 1.82) is 0 Å². The van der Waals surface area contributed by atoms with Crippen LogP contribution in [0.3, 0.4) is 0 Å². The van der Waals surface area contributed by atoms with Crippen LogP contribution in [0.1, 0.15) is 19.1 Å². The lowest BCUT2D eigenvalue weighted by Gasteiger charge is -2.33. The minimum absolute atomic E-state index is 0.171. The normalized spacial score (nSPS) is 21.1. The molecule has 4 heteroatoms. The molecule has 0 saturated carbocycles. The highest BCUT2D eigenvalue weighted by Crippen LogP contribution is 2.09. The van der Waals surface area contributed by atoms with E-state index in [1.165, 1.54) is 0 Å². The summed E-state index contributed by atoms with van der Waals surface area (Å²) in [5, 5.41) is 3.43. The van der Waals surface area contributed by atoms with E-state index in [0.717, 1.165) is 38.2 Å². The van der Waals surface area contributed by atoms with Gasteiger partial charge in [0, 0.05) is 39.0 Å². The first-order valence-electron chi connectivity index (χ1n) is 5.77. The van der Waals surface area contributed by atoms with Gasteiger partial charge in [0.2, 0.25) is 5.91 Å². The van der Waals surface area contributed by atoms with Crippen molar-refractivity contribution in [2.45, 2.75) is 25.8 Å². The Morgan fingerprint density at radius 1 is 1.69 bits per heavy atom. The average molecular weight is 222 g/mol. The second-order valence-corrected chi connectivity index (χ2v) is 4.23. The molecule has 0 bridgehead atoms. The van der Waals surface area contributed by atoms with Crippen LogP contribution in [0, 0.1) is 0 Å². The van der Waals surface area contributed by atoms with Gasteiger partial charge in [-0.1, -0.05) is 0 Å². The Balaban J connectivity index is 1.79. The van der Waals surface area contributed by atoms with E-state index in [1.807, 2.05) is 17.0 Å². The molecule has 0 aromatic carbocycles. The Labute approximate surface area is 95.6 Å². The molecule has 2 rings (SSSR count). The fraction of sp³-hybridized carbons (Fsp3) is 0.583. The van der Waals surface area contributed by atoms with Crippen LogP contribution in [0.15, 0.2) is 22.8 Å². The van der Waals surface area contributed by atoms with Gasteiger partial charge < -0.3 is 14.6 Å². The first-order chi connectivity index (χ1) is 7.75. The SMILES string of the molecule is CC(=O)N1CCNC(CCc2ccco2)C1. The molecule has 1 aromatic rings. The first-order valence-corrected chi connectivity index (χ1v) is 5.77. The first kappa shape index (κ1) is 11.2. The summed E-state index contributed by atoms with van der Waals surface area (Å²) in [6.45, 7) is 4.17. The van der Waals surface area contributed by atoms with Gasteiger partial charge in [0.25, 0.3) is 0 Å². The number of carbonyl (C=O) groups is 1. The van der Waals surface area contributed by atoms with Crippen molar-refractivity contribution in [2.75, 3.05) is 19.6 Å². The van der Waals surface area contributed by atoms with Crippen LogP contribution in [-0.4, -0.2) is 36.5 Å². The third-order valence-corrected chi connectivity index (χ3v) is 3.02. The third kappa shape index (κ3) is 2.85. The van der Waals surface area contributed by atoms with Crippen LogP contribution in [0.2, 0.25) is 0 Å². The summed E-state index contributed by atoms with van der Waals surface area (Å²) in [7, 11) is 0. The van der Waals surface area contributed by atoms with Gasteiger partial charge in [-0.3, -0.25) is 4.79 Å². The molecule has 1 amide bonds. The highest BCUT2D eigenvalue weighted by atomic mass is 16.3. The molecule has 4 nitrogen and oxygen atoms in total. The Kier molecular flexibility index (Phi) is 3.62. The maximum absolute atomic E-state index is 11.3. The number of hydrogen-bond donors (Lipinski definition) is 1. The number of nitrogens with zero attached hydrogens (tertiary/aromatic N) is 1. The summed E-state index contributed by atoms with van der Waals surface area (Å²) >= 11 is 0. The molecule has 1 N–H and O–H groups in total. The van der Waals surface area contributed by atoms with Gasteiger partial charge in [-0.25, -0.2) is 0 Å². The molecule has 1 fully saturated rings. The quantitative estimate of drug-likeness (QED) is 0.831. The van der Waals surface area contributed by atoms with Gasteiger partial charge in [0.1, 0.15) is 5.76 Å². The maximum atomic E-state index is 11.3. The van der Waals surface area contributed by atoms with Gasteiger partial charge in [0.15, 0.2) is 0 Å². The number of carbonyl (C=O) groups excluding carboxylic acids is 1. The second kappa shape index (κ2) is 5.16. The highest BCUT2D eigenvalue weighted by Gasteiger charge is 2.20. The van der Waals surface area contributed by atoms with E-state index < -0.39 is 0 Å². The van der Waals surface area contributed by atoms with Gasteiger partial charge in [-0.05, 0) is 18.6 Å². The molecular weight excluding hydrogens is 204 g/mol. The number of nitrogens with one attached hydrogen (secondary N) is 1. The van der Waals surface area contributed by atoms with Crippen molar-refractivity contribution in [2.24, 2.45) is 0 Å². The molecule has 16 heavy (non-hydrogen) atoms. The number of rotatable bonds is 3. The summed E-state index contributed by atoms with van der Waals surface area (Å²) in [4.78, 5) is 13.2. The number of amides is 1. The van der Waals surface area contributed by atoms with E-state index in [9.17, 15) is 4.79 Å². The summed E-state index contributed by atoms with van der Waals surface area (Å²) in [5.74, 6) is 1.19. The van der Waals surface area contributed by atoms with E-state index in [4.69, 9.17) is 4.42 Å². The Morgan fingerprint density at radius 2 is 2.56 bits per heavy atom. The Bertz CT molecular complexity index is 335. The predicted molar refractivity (Wildman–Crippen MR) is 61.1 cm³/mol. The maximum Gasteiger partial charge on any atom is 0.219 e. The van der Waals surface area contributed by atoms with E-state index in [1.54, 1.807) is 13.2 Å². The number of hydrogen-bond acceptors (Lipinski definition) is 3. The largest absolute Gasteiger partial charge is 0.469 e.